The lowest BCUT2D eigenvalue weighted by Crippen LogP contribution is -1.83. The van der Waals surface area contributed by atoms with E-state index in [1.54, 1.807) is 6.20 Å². The van der Waals surface area contributed by atoms with Gasteiger partial charge in [-0.3, -0.25) is 0 Å². The highest BCUT2D eigenvalue weighted by molar-refractivity contribution is 7.56. The van der Waals surface area contributed by atoms with Gasteiger partial charge in [-0.1, -0.05) is 5.21 Å². The molecular weight excluding hydrogens is 98.1 g/mol. The van der Waals surface area contributed by atoms with E-state index in [1.165, 1.54) is 10.3 Å². The Labute approximate surface area is 40.5 Å². The first kappa shape index (κ1) is 3.55. The monoisotopic (exact) mass is 100.0 g/mol. The highest BCUT2D eigenvalue weighted by Gasteiger charge is 1.63. The molecule has 0 N–H and O–H groups in total. The van der Waals surface area contributed by atoms with Gasteiger partial charge >= 0.3 is 0 Å². The third-order valence-corrected chi connectivity index (χ3v) is 0.595. The summed E-state index contributed by atoms with van der Waals surface area (Å²) in [6.07, 6.45) is 3.13. The second-order valence-corrected chi connectivity index (χ2v) is 1.18. The molecule has 0 saturated heterocycles. The largest absolute Gasteiger partial charge is 0.664 e. The summed E-state index contributed by atoms with van der Waals surface area (Å²) in [5.74, 6) is 0. The zero-order chi connectivity index (χ0) is 4.41. The van der Waals surface area contributed by atoms with Gasteiger partial charge in [0.1, 0.15) is 0 Å². The first-order chi connectivity index (χ1) is 2.89. The molecule has 0 aromatic carbocycles. The van der Waals surface area contributed by atoms with Crippen LogP contribution in [0, 0.1) is 0 Å². The van der Waals surface area contributed by atoms with Crippen LogP contribution in [0.15, 0.2) is 12.4 Å². The molecule has 6 heavy (non-hydrogen) atoms. The van der Waals surface area contributed by atoms with Crippen LogP contribution in [0.2, 0.25) is 0 Å². The molecule has 1 aromatic heterocycles. The van der Waals surface area contributed by atoms with E-state index in [-0.39, 0.29) is 0 Å². The summed E-state index contributed by atoms with van der Waals surface area (Å²) in [6.45, 7) is 0. The Balaban J connectivity index is 3.05. The summed E-state index contributed by atoms with van der Waals surface area (Å²) < 4.78 is 1.22. The molecule has 32 valence electrons. The van der Waals surface area contributed by atoms with Crippen LogP contribution in [-0.2, 0) is 12.8 Å². The Hall–Kier alpha value is -0.640. The lowest BCUT2D eigenvalue weighted by molar-refractivity contribution is 0.895. The molecule has 0 aliphatic heterocycles. The molecule has 1 heterocycles. The average Bonchev–Trinajstić information content (AvgIpc) is 1.86. The van der Waals surface area contributed by atoms with E-state index in [9.17, 15) is 0 Å². The standard InChI is InChI=1S/C2H2N3S/c6-5-2-1-3-4-5/h1-2H/q-1. The van der Waals surface area contributed by atoms with Crippen LogP contribution >= 0.6 is 0 Å². The van der Waals surface area contributed by atoms with Crippen LogP contribution in [-0.4, -0.2) is 14.4 Å². The summed E-state index contributed by atoms with van der Waals surface area (Å²) >= 11 is 4.49. The first-order valence-electron chi connectivity index (χ1n) is 1.43. The molecule has 0 radical (unpaired) electrons. The third kappa shape index (κ3) is 0.463. The number of nitrogens with zero attached hydrogens (tertiary/aromatic N) is 3. The van der Waals surface area contributed by atoms with Gasteiger partial charge in [-0.25, -0.2) is 0 Å². The molecule has 1 rings (SSSR count). The minimum atomic E-state index is 1.22. The van der Waals surface area contributed by atoms with Crippen LogP contribution in [0.4, 0.5) is 0 Å². The summed E-state index contributed by atoms with van der Waals surface area (Å²) in [6, 6.07) is 0. The van der Waals surface area contributed by atoms with E-state index < -0.39 is 0 Å². The minimum Gasteiger partial charge on any atom is -0.664 e. The van der Waals surface area contributed by atoms with E-state index in [2.05, 4.69) is 23.1 Å². The summed E-state index contributed by atoms with van der Waals surface area (Å²) in [5, 5.41) is 6.83. The topological polar surface area (TPSA) is 30.7 Å². The lowest BCUT2D eigenvalue weighted by atomic mass is 11.0. The summed E-state index contributed by atoms with van der Waals surface area (Å²) in [7, 11) is 0. The Morgan fingerprint density at radius 1 is 1.67 bits per heavy atom. The van der Waals surface area contributed by atoms with Gasteiger partial charge in [0.15, 0.2) is 0 Å². The molecule has 0 spiro atoms. The Morgan fingerprint density at radius 3 is 2.67 bits per heavy atom. The van der Waals surface area contributed by atoms with Crippen molar-refractivity contribution in [2.45, 2.75) is 0 Å². The van der Waals surface area contributed by atoms with Gasteiger partial charge in [-0.05, 0) is 0 Å². The van der Waals surface area contributed by atoms with Crippen LogP contribution < -0.4 is 0 Å². The van der Waals surface area contributed by atoms with Crippen molar-refractivity contribution < 1.29 is 0 Å². The van der Waals surface area contributed by atoms with Crippen molar-refractivity contribution in [2.24, 2.45) is 0 Å². The average molecular weight is 100 g/mol. The SMILES string of the molecule is [S-]n1ccnn1. The number of hydrogen-bond donors (Lipinski definition) is 0. The fourth-order valence-electron chi connectivity index (χ4n) is 0.197. The Morgan fingerprint density at radius 2 is 2.50 bits per heavy atom. The van der Waals surface area contributed by atoms with Crippen molar-refractivity contribution in [1.29, 1.82) is 0 Å². The van der Waals surface area contributed by atoms with Crippen LogP contribution in [0.5, 0.6) is 0 Å². The normalized spacial score (nSPS) is 8.67. The molecule has 1 aromatic rings. The molecule has 0 amide bonds. The van der Waals surface area contributed by atoms with Gasteiger partial charge in [0, 0.05) is 6.20 Å². The van der Waals surface area contributed by atoms with Crippen LogP contribution in [0.1, 0.15) is 0 Å². The van der Waals surface area contributed by atoms with Gasteiger partial charge in [0.25, 0.3) is 0 Å². The van der Waals surface area contributed by atoms with Crippen molar-refractivity contribution in [2.75, 3.05) is 0 Å². The second-order valence-electron chi connectivity index (χ2n) is 0.806. The predicted octanol–water partition coefficient (Wildman–Crippen LogP) is -0.412. The van der Waals surface area contributed by atoms with E-state index >= 15 is 0 Å². The maximum atomic E-state index is 4.49. The van der Waals surface area contributed by atoms with Crippen molar-refractivity contribution >= 4 is 12.8 Å². The zero-order valence-corrected chi connectivity index (χ0v) is 3.72. The quantitative estimate of drug-likeness (QED) is 0.415. The van der Waals surface area contributed by atoms with Crippen LogP contribution in [0.25, 0.3) is 0 Å². The highest BCUT2D eigenvalue weighted by Crippen LogP contribution is 1.67. The van der Waals surface area contributed by atoms with E-state index in [0.717, 1.165) is 0 Å². The van der Waals surface area contributed by atoms with E-state index in [4.69, 9.17) is 0 Å². The predicted molar refractivity (Wildman–Crippen MR) is 22.8 cm³/mol. The first-order valence-corrected chi connectivity index (χ1v) is 1.80. The molecule has 0 atom stereocenters. The van der Waals surface area contributed by atoms with E-state index in [1.807, 2.05) is 0 Å². The fraction of sp³-hybridized carbons (Fsp3) is 0. The molecule has 0 fully saturated rings. The summed E-state index contributed by atoms with van der Waals surface area (Å²) in [4.78, 5) is 0. The molecular formula is C2H2N3S-. The molecule has 4 heteroatoms. The summed E-state index contributed by atoms with van der Waals surface area (Å²) in [5.41, 5.74) is 0. The minimum absolute atomic E-state index is 1.22. The van der Waals surface area contributed by atoms with Gasteiger partial charge in [0.2, 0.25) is 0 Å². The smallest absolute Gasteiger partial charge is 0.0673 e. The molecule has 0 aliphatic carbocycles. The van der Waals surface area contributed by atoms with Crippen molar-refractivity contribution in [3.05, 3.63) is 12.4 Å². The van der Waals surface area contributed by atoms with Gasteiger partial charge in [-0.2, -0.15) is 0 Å². The van der Waals surface area contributed by atoms with Crippen molar-refractivity contribution in [3.8, 4) is 0 Å². The van der Waals surface area contributed by atoms with Crippen molar-refractivity contribution in [3.63, 3.8) is 0 Å². The molecule has 0 unspecified atom stereocenters. The maximum Gasteiger partial charge on any atom is 0.0673 e. The van der Waals surface area contributed by atoms with E-state index in [0.29, 0.717) is 0 Å². The zero-order valence-electron chi connectivity index (χ0n) is 2.90. The van der Waals surface area contributed by atoms with Gasteiger partial charge < -0.3 is 16.9 Å². The third-order valence-electron chi connectivity index (χ3n) is 0.401. The number of aromatic nitrogens is 3. The lowest BCUT2D eigenvalue weighted by Gasteiger charge is -1.95. The maximum absolute atomic E-state index is 4.49. The number of hydrogen-bond acceptors (Lipinski definition) is 3. The molecule has 0 bridgehead atoms. The fourth-order valence-corrected chi connectivity index (χ4v) is 0.294. The molecule has 0 saturated carbocycles. The Kier molecular flexibility index (Phi) is 0.719. The Bertz CT molecular complexity index is 112. The molecule has 0 aliphatic rings. The highest BCUT2D eigenvalue weighted by atomic mass is 32.1. The van der Waals surface area contributed by atoms with Gasteiger partial charge in [-0.15, -0.1) is 5.10 Å². The molecule has 3 nitrogen and oxygen atoms in total. The second kappa shape index (κ2) is 1.22. The van der Waals surface area contributed by atoms with Crippen LogP contribution in [0.3, 0.4) is 0 Å². The van der Waals surface area contributed by atoms with Gasteiger partial charge in [0.05, 0.1) is 6.20 Å². The number of rotatable bonds is 0. The van der Waals surface area contributed by atoms with Crippen molar-refractivity contribution in [1.82, 2.24) is 14.4 Å².